The number of hydrogen-bond donors (Lipinski definition) is 2. The molecule has 0 spiro atoms. The fourth-order valence-electron chi connectivity index (χ4n) is 2.32. The Morgan fingerprint density at radius 1 is 1.44 bits per heavy atom. The van der Waals surface area contributed by atoms with Crippen LogP contribution in [0.2, 0.25) is 0 Å². The number of carbonyl (C=O) groups is 1. The molecule has 5 heteroatoms. The van der Waals surface area contributed by atoms with Crippen molar-refractivity contribution in [2.24, 2.45) is 0 Å². The van der Waals surface area contributed by atoms with E-state index in [4.69, 9.17) is 5.11 Å². The predicted molar refractivity (Wildman–Crippen MR) is 67.7 cm³/mol. The highest BCUT2D eigenvalue weighted by Gasteiger charge is 2.20. The summed E-state index contributed by atoms with van der Waals surface area (Å²) in [6.07, 6.45) is 1.94. The van der Waals surface area contributed by atoms with Gasteiger partial charge in [0.2, 0.25) is 0 Å². The van der Waals surface area contributed by atoms with Crippen LogP contribution in [0.1, 0.15) is 23.2 Å². The van der Waals surface area contributed by atoms with E-state index in [1.54, 1.807) is 6.07 Å². The second kappa shape index (κ2) is 5.35. The quantitative estimate of drug-likeness (QED) is 0.860. The third kappa shape index (κ3) is 2.61. The SMILES string of the molecule is CN(c1ccc(C(=O)O)cc1F)C1CCNCC1. The maximum Gasteiger partial charge on any atom is 0.335 e. The normalized spacial score (nSPS) is 16.6. The highest BCUT2D eigenvalue weighted by Crippen LogP contribution is 2.24. The molecule has 1 fully saturated rings. The Kier molecular flexibility index (Phi) is 3.81. The van der Waals surface area contributed by atoms with Crippen LogP contribution >= 0.6 is 0 Å². The Balaban J connectivity index is 2.19. The molecule has 4 nitrogen and oxygen atoms in total. The van der Waals surface area contributed by atoms with Crippen molar-refractivity contribution in [1.82, 2.24) is 5.32 Å². The van der Waals surface area contributed by atoms with Crippen LogP contribution in [0, 0.1) is 5.82 Å². The first-order chi connectivity index (χ1) is 8.59. The number of nitrogens with zero attached hydrogens (tertiary/aromatic N) is 1. The Bertz CT molecular complexity index is 445. The first-order valence-corrected chi connectivity index (χ1v) is 6.06. The highest BCUT2D eigenvalue weighted by atomic mass is 19.1. The minimum absolute atomic E-state index is 0.0186. The summed E-state index contributed by atoms with van der Waals surface area (Å²) in [6, 6.07) is 4.37. The molecule has 0 unspecified atom stereocenters. The molecule has 0 atom stereocenters. The van der Waals surface area contributed by atoms with E-state index in [0.29, 0.717) is 11.7 Å². The van der Waals surface area contributed by atoms with Gasteiger partial charge in [-0.25, -0.2) is 9.18 Å². The van der Waals surface area contributed by atoms with Crippen LogP contribution in [-0.4, -0.2) is 37.3 Å². The Labute approximate surface area is 105 Å². The summed E-state index contributed by atoms with van der Waals surface area (Å²) in [5, 5.41) is 12.1. The van der Waals surface area contributed by atoms with Gasteiger partial charge in [-0.2, -0.15) is 0 Å². The molecule has 0 saturated carbocycles. The van der Waals surface area contributed by atoms with Gasteiger partial charge >= 0.3 is 5.97 Å². The van der Waals surface area contributed by atoms with Crippen LogP contribution in [0.3, 0.4) is 0 Å². The van der Waals surface area contributed by atoms with Crippen LogP contribution < -0.4 is 10.2 Å². The summed E-state index contributed by atoms with van der Waals surface area (Å²) in [4.78, 5) is 12.7. The minimum atomic E-state index is -1.11. The van der Waals surface area contributed by atoms with Crippen molar-refractivity contribution >= 4 is 11.7 Å². The van der Waals surface area contributed by atoms with Gasteiger partial charge in [-0.3, -0.25) is 0 Å². The second-order valence-electron chi connectivity index (χ2n) is 4.56. The Hall–Kier alpha value is -1.62. The predicted octanol–water partition coefficient (Wildman–Crippen LogP) is 1.71. The molecule has 0 bridgehead atoms. The Morgan fingerprint density at radius 3 is 2.67 bits per heavy atom. The molecule has 18 heavy (non-hydrogen) atoms. The molecular weight excluding hydrogens is 235 g/mol. The minimum Gasteiger partial charge on any atom is -0.478 e. The molecule has 0 aliphatic carbocycles. The van der Waals surface area contributed by atoms with Crippen LogP contribution in [0.5, 0.6) is 0 Å². The number of piperidine rings is 1. The summed E-state index contributed by atoms with van der Waals surface area (Å²) < 4.78 is 13.9. The molecule has 0 amide bonds. The Morgan fingerprint density at radius 2 is 2.11 bits per heavy atom. The zero-order valence-corrected chi connectivity index (χ0v) is 10.3. The molecule has 0 aromatic heterocycles. The fraction of sp³-hybridized carbons (Fsp3) is 0.462. The summed E-state index contributed by atoms with van der Waals surface area (Å²) in [5.74, 6) is -1.58. The lowest BCUT2D eigenvalue weighted by Crippen LogP contribution is -2.41. The molecule has 1 aromatic rings. The van der Waals surface area contributed by atoms with E-state index in [1.807, 2.05) is 11.9 Å². The van der Waals surface area contributed by atoms with Gasteiger partial charge in [0.1, 0.15) is 5.82 Å². The number of rotatable bonds is 3. The second-order valence-corrected chi connectivity index (χ2v) is 4.56. The fourth-order valence-corrected chi connectivity index (χ4v) is 2.32. The molecule has 1 aliphatic rings. The number of nitrogens with one attached hydrogen (secondary N) is 1. The topological polar surface area (TPSA) is 52.6 Å². The molecule has 2 rings (SSSR count). The number of hydrogen-bond acceptors (Lipinski definition) is 3. The van der Waals surface area contributed by atoms with Crippen molar-refractivity contribution in [2.75, 3.05) is 25.0 Å². The van der Waals surface area contributed by atoms with Crippen molar-refractivity contribution in [2.45, 2.75) is 18.9 Å². The lowest BCUT2D eigenvalue weighted by molar-refractivity contribution is 0.0696. The van der Waals surface area contributed by atoms with E-state index in [-0.39, 0.29) is 5.56 Å². The van der Waals surface area contributed by atoms with E-state index in [0.717, 1.165) is 32.0 Å². The van der Waals surface area contributed by atoms with Crippen molar-refractivity contribution in [3.05, 3.63) is 29.6 Å². The van der Waals surface area contributed by atoms with Crippen LogP contribution in [0.15, 0.2) is 18.2 Å². The van der Waals surface area contributed by atoms with Crippen molar-refractivity contribution in [1.29, 1.82) is 0 Å². The largest absolute Gasteiger partial charge is 0.478 e. The number of benzene rings is 1. The maximum atomic E-state index is 13.9. The molecule has 1 aliphatic heterocycles. The molecular formula is C13H17FN2O2. The van der Waals surface area contributed by atoms with Crippen LogP contribution in [0.4, 0.5) is 10.1 Å². The average molecular weight is 252 g/mol. The zero-order valence-electron chi connectivity index (χ0n) is 10.3. The van der Waals surface area contributed by atoms with Gasteiger partial charge in [0.05, 0.1) is 11.3 Å². The van der Waals surface area contributed by atoms with Crippen molar-refractivity contribution < 1.29 is 14.3 Å². The van der Waals surface area contributed by atoms with Crippen LogP contribution in [0.25, 0.3) is 0 Å². The standard InChI is InChI=1S/C13H17FN2O2/c1-16(10-4-6-15-7-5-10)12-3-2-9(13(17)18)8-11(12)14/h2-3,8,10,15H,4-7H2,1H3,(H,17,18). The lowest BCUT2D eigenvalue weighted by atomic mass is 10.0. The zero-order chi connectivity index (χ0) is 13.1. The third-order valence-corrected chi connectivity index (χ3v) is 3.43. The first kappa shape index (κ1) is 12.8. The molecule has 0 radical (unpaired) electrons. The van der Waals surface area contributed by atoms with Gasteiger partial charge < -0.3 is 15.3 Å². The van der Waals surface area contributed by atoms with Crippen molar-refractivity contribution in [3.63, 3.8) is 0 Å². The maximum absolute atomic E-state index is 13.9. The average Bonchev–Trinajstić information content (AvgIpc) is 2.38. The molecule has 1 aromatic carbocycles. The third-order valence-electron chi connectivity index (χ3n) is 3.43. The van der Waals surface area contributed by atoms with Gasteiger partial charge in [-0.1, -0.05) is 0 Å². The molecule has 1 heterocycles. The highest BCUT2D eigenvalue weighted by molar-refractivity contribution is 5.88. The van der Waals surface area contributed by atoms with Gasteiger partial charge in [-0.15, -0.1) is 0 Å². The monoisotopic (exact) mass is 252 g/mol. The van der Waals surface area contributed by atoms with Gasteiger partial charge in [-0.05, 0) is 44.1 Å². The molecule has 1 saturated heterocycles. The molecule has 2 N–H and O–H groups in total. The summed E-state index contributed by atoms with van der Waals surface area (Å²) >= 11 is 0. The van der Waals surface area contributed by atoms with E-state index in [9.17, 15) is 9.18 Å². The summed E-state index contributed by atoms with van der Waals surface area (Å²) in [6.45, 7) is 1.87. The van der Waals surface area contributed by atoms with Crippen LogP contribution in [-0.2, 0) is 0 Å². The van der Waals surface area contributed by atoms with E-state index >= 15 is 0 Å². The van der Waals surface area contributed by atoms with E-state index in [2.05, 4.69) is 5.32 Å². The smallest absolute Gasteiger partial charge is 0.335 e. The van der Waals surface area contributed by atoms with Gasteiger partial charge in [0, 0.05) is 13.1 Å². The summed E-state index contributed by atoms with van der Waals surface area (Å²) in [5.41, 5.74) is 0.446. The number of carboxylic acids is 1. The molecule has 98 valence electrons. The number of halogens is 1. The lowest BCUT2D eigenvalue weighted by Gasteiger charge is -2.33. The number of aromatic carboxylic acids is 1. The van der Waals surface area contributed by atoms with E-state index in [1.165, 1.54) is 6.07 Å². The first-order valence-electron chi connectivity index (χ1n) is 6.06. The number of carboxylic acid groups (broad SMARTS) is 1. The van der Waals surface area contributed by atoms with Crippen molar-refractivity contribution in [3.8, 4) is 0 Å². The number of anilines is 1. The van der Waals surface area contributed by atoms with Gasteiger partial charge in [0.15, 0.2) is 0 Å². The summed E-state index contributed by atoms with van der Waals surface area (Å²) in [7, 11) is 1.86. The van der Waals surface area contributed by atoms with E-state index < -0.39 is 11.8 Å². The van der Waals surface area contributed by atoms with Gasteiger partial charge in [0.25, 0.3) is 0 Å².